The molecule has 0 fully saturated rings. The lowest BCUT2D eigenvalue weighted by atomic mass is 10.0. The number of carbonyl (C=O) groups is 1. The maximum absolute atomic E-state index is 11.9. The van der Waals surface area contributed by atoms with Crippen molar-refractivity contribution in [1.82, 2.24) is 15.6 Å². The van der Waals surface area contributed by atoms with Crippen LogP contribution in [0.2, 0.25) is 0 Å². The van der Waals surface area contributed by atoms with Gasteiger partial charge in [-0.15, -0.1) is 0 Å². The standard InChI is InChI=1S/C12H19N3O/c1-9(10-7-5-6-8-14-10)15-11(16)12(2,3)13-4/h5-9,13H,1-4H3,(H,15,16). The molecule has 2 N–H and O–H groups in total. The minimum absolute atomic E-state index is 0.0341. The van der Waals surface area contributed by atoms with Crippen LogP contribution in [0.1, 0.15) is 32.5 Å². The smallest absolute Gasteiger partial charge is 0.240 e. The van der Waals surface area contributed by atoms with Gasteiger partial charge in [0.15, 0.2) is 0 Å². The zero-order chi connectivity index (χ0) is 12.2. The highest BCUT2D eigenvalue weighted by molar-refractivity contribution is 5.85. The van der Waals surface area contributed by atoms with Crippen molar-refractivity contribution in [2.45, 2.75) is 32.4 Å². The van der Waals surface area contributed by atoms with Crippen LogP contribution in [-0.4, -0.2) is 23.5 Å². The second kappa shape index (κ2) is 5.07. The summed E-state index contributed by atoms with van der Waals surface area (Å²) in [5, 5.41) is 5.89. The summed E-state index contributed by atoms with van der Waals surface area (Å²) in [5.41, 5.74) is 0.297. The molecule has 1 amide bonds. The molecule has 1 heterocycles. The first-order valence-electron chi connectivity index (χ1n) is 5.38. The van der Waals surface area contributed by atoms with Gasteiger partial charge in [0.1, 0.15) is 0 Å². The normalized spacial score (nSPS) is 13.2. The molecule has 0 aliphatic heterocycles. The zero-order valence-electron chi connectivity index (χ0n) is 10.2. The van der Waals surface area contributed by atoms with Crippen LogP contribution in [0.4, 0.5) is 0 Å². The summed E-state index contributed by atoms with van der Waals surface area (Å²) < 4.78 is 0. The minimum Gasteiger partial charge on any atom is -0.346 e. The second-order valence-corrected chi connectivity index (χ2v) is 4.32. The maximum Gasteiger partial charge on any atom is 0.240 e. The van der Waals surface area contributed by atoms with E-state index in [0.717, 1.165) is 5.69 Å². The molecule has 1 aromatic heterocycles. The number of carbonyl (C=O) groups excluding carboxylic acids is 1. The Morgan fingerprint density at radius 2 is 2.12 bits per heavy atom. The topological polar surface area (TPSA) is 54.0 Å². The predicted molar refractivity (Wildman–Crippen MR) is 63.9 cm³/mol. The number of hydrogen-bond acceptors (Lipinski definition) is 3. The lowest BCUT2D eigenvalue weighted by Gasteiger charge is -2.25. The van der Waals surface area contributed by atoms with E-state index in [1.165, 1.54) is 0 Å². The Labute approximate surface area is 96.5 Å². The number of aromatic nitrogens is 1. The quantitative estimate of drug-likeness (QED) is 0.804. The van der Waals surface area contributed by atoms with Crippen molar-refractivity contribution in [2.75, 3.05) is 7.05 Å². The van der Waals surface area contributed by atoms with Gasteiger partial charge in [-0.05, 0) is 40.0 Å². The van der Waals surface area contributed by atoms with E-state index in [-0.39, 0.29) is 11.9 Å². The first kappa shape index (κ1) is 12.6. The molecular formula is C12H19N3O. The SMILES string of the molecule is CNC(C)(C)C(=O)NC(C)c1ccccn1. The summed E-state index contributed by atoms with van der Waals surface area (Å²) in [6.07, 6.45) is 1.72. The largest absolute Gasteiger partial charge is 0.346 e. The molecule has 0 aliphatic rings. The molecule has 0 radical (unpaired) electrons. The van der Waals surface area contributed by atoms with Crippen molar-refractivity contribution < 1.29 is 4.79 Å². The average molecular weight is 221 g/mol. The minimum atomic E-state index is -0.566. The van der Waals surface area contributed by atoms with Crippen molar-refractivity contribution in [2.24, 2.45) is 0 Å². The van der Waals surface area contributed by atoms with E-state index < -0.39 is 5.54 Å². The van der Waals surface area contributed by atoms with Crippen LogP contribution in [0.25, 0.3) is 0 Å². The number of pyridine rings is 1. The molecule has 0 aliphatic carbocycles. The summed E-state index contributed by atoms with van der Waals surface area (Å²) in [7, 11) is 1.77. The highest BCUT2D eigenvalue weighted by atomic mass is 16.2. The first-order chi connectivity index (χ1) is 7.47. The molecule has 0 aromatic carbocycles. The van der Waals surface area contributed by atoms with Crippen LogP contribution in [0, 0.1) is 0 Å². The van der Waals surface area contributed by atoms with E-state index in [2.05, 4.69) is 15.6 Å². The third-order valence-electron chi connectivity index (χ3n) is 2.67. The molecule has 0 saturated heterocycles. The fraction of sp³-hybridized carbons (Fsp3) is 0.500. The lowest BCUT2D eigenvalue weighted by Crippen LogP contribution is -2.51. The predicted octanol–water partition coefficient (Wildman–Crippen LogP) is 1.26. The van der Waals surface area contributed by atoms with Crippen LogP contribution in [0.5, 0.6) is 0 Å². The fourth-order valence-electron chi connectivity index (χ4n) is 1.20. The first-order valence-corrected chi connectivity index (χ1v) is 5.38. The Hall–Kier alpha value is -1.42. The summed E-state index contributed by atoms with van der Waals surface area (Å²) in [6, 6.07) is 5.59. The van der Waals surface area contributed by atoms with E-state index in [1.54, 1.807) is 13.2 Å². The Morgan fingerprint density at radius 1 is 1.44 bits per heavy atom. The number of nitrogens with zero attached hydrogens (tertiary/aromatic N) is 1. The Kier molecular flexibility index (Phi) is 4.01. The molecule has 0 bridgehead atoms. The lowest BCUT2D eigenvalue weighted by molar-refractivity contribution is -0.126. The summed E-state index contributed by atoms with van der Waals surface area (Å²) in [4.78, 5) is 16.1. The maximum atomic E-state index is 11.9. The van der Waals surface area contributed by atoms with Gasteiger partial charge in [0.05, 0.1) is 17.3 Å². The average Bonchev–Trinajstić information content (AvgIpc) is 2.30. The van der Waals surface area contributed by atoms with Gasteiger partial charge in [-0.2, -0.15) is 0 Å². The van der Waals surface area contributed by atoms with Crippen LogP contribution >= 0.6 is 0 Å². The van der Waals surface area contributed by atoms with E-state index in [0.29, 0.717) is 0 Å². The molecule has 4 nitrogen and oxygen atoms in total. The molecule has 88 valence electrons. The van der Waals surface area contributed by atoms with Gasteiger partial charge in [0.2, 0.25) is 5.91 Å². The highest BCUT2D eigenvalue weighted by Gasteiger charge is 2.26. The number of rotatable bonds is 4. The monoisotopic (exact) mass is 221 g/mol. The van der Waals surface area contributed by atoms with Gasteiger partial charge in [-0.1, -0.05) is 6.07 Å². The van der Waals surface area contributed by atoms with Crippen molar-refractivity contribution in [3.63, 3.8) is 0 Å². The molecular weight excluding hydrogens is 202 g/mol. The van der Waals surface area contributed by atoms with Gasteiger partial charge in [0, 0.05) is 6.20 Å². The molecule has 4 heteroatoms. The van der Waals surface area contributed by atoms with Gasteiger partial charge in [-0.3, -0.25) is 9.78 Å². The Morgan fingerprint density at radius 3 is 2.62 bits per heavy atom. The van der Waals surface area contributed by atoms with Gasteiger partial charge < -0.3 is 10.6 Å². The van der Waals surface area contributed by atoms with Gasteiger partial charge in [0.25, 0.3) is 0 Å². The third kappa shape index (κ3) is 3.03. The summed E-state index contributed by atoms with van der Waals surface area (Å²) in [5.74, 6) is -0.0341. The second-order valence-electron chi connectivity index (χ2n) is 4.32. The molecule has 1 unspecified atom stereocenters. The molecule has 1 aromatic rings. The van der Waals surface area contributed by atoms with E-state index >= 15 is 0 Å². The number of amides is 1. The summed E-state index contributed by atoms with van der Waals surface area (Å²) >= 11 is 0. The van der Waals surface area contributed by atoms with Gasteiger partial charge >= 0.3 is 0 Å². The number of nitrogens with one attached hydrogen (secondary N) is 2. The number of likely N-dealkylation sites (N-methyl/N-ethyl adjacent to an activating group) is 1. The Balaban J connectivity index is 2.66. The van der Waals surface area contributed by atoms with Gasteiger partial charge in [-0.25, -0.2) is 0 Å². The molecule has 0 saturated carbocycles. The third-order valence-corrected chi connectivity index (χ3v) is 2.67. The van der Waals surface area contributed by atoms with Crippen molar-refractivity contribution in [1.29, 1.82) is 0 Å². The van der Waals surface area contributed by atoms with Crippen LogP contribution in [0.15, 0.2) is 24.4 Å². The Bertz CT molecular complexity index is 349. The van der Waals surface area contributed by atoms with Crippen molar-refractivity contribution in [3.8, 4) is 0 Å². The van der Waals surface area contributed by atoms with Crippen LogP contribution in [0.3, 0.4) is 0 Å². The van der Waals surface area contributed by atoms with Crippen LogP contribution in [-0.2, 0) is 4.79 Å². The molecule has 1 rings (SSSR count). The highest BCUT2D eigenvalue weighted by Crippen LogP contribution is 2.10. The zero-order valence-corrected chi connectivity index (χ0v) is 10.2. The number of hydrogen-bond donors (Lipinski definition) is 2. The van der Waals surface area contributed by atoms with Crippen molar-refractivity contribution in [3.05, 3.63) is 30.1 Å². The molecule has 16 heavy (non-hydrogen) atoms. The fourth-order valence-corrected chi connectivity index (χ4v) is 1.20. The van der Waals surface area contributed by atoms with Crippen molar-refractivity contribution >= 4 is 5.91 Å². The molecule has 0 spiro atoms. The summed E-state index contributed by atoms with van der Waals surface area (Å²) in [6.45, 7) is 5.60. The van der Waals surface area contributed by atoms with E-state index in [1.807, 2.05) is 39.0 Å². The van der Waals surface area contributed by atoms with E-state index in [9.17, 15) is 4.79 Å². The van der Waals surface area contributed by atoms with Crippen LogP contribution < -0.4 is 10.6 Å². The molecule has 1 atom stereocenters. The van der Waals surface area contributed by atoms with E-state index in [4.69, 9.17) is 0 Å².